The lowest BCUT2D eigenvalue weighted by atomic mass is 10.2. The Morgan fingerprint density at radius 3 is 2.65 bits per heavy atom. The molecule has 20 heavy (non-hydrogen) atoms. The molecule has 0 saturated carbocycles. The topological polar surface area (TPSA) is 50.7 Å². The highest BCUT2D eigenvalue weighted by Crippen LogP contribution is 2.14. The second-order valence-corrected chi connectivity index (χ2v) is 3.92. The normalized spacial score (nSPS) is 10.5. The molecule has 4 nitrogen and oxygen atoms in total. The minimum absolute atomic E-state index is 0.0512. The molecule has 0 saturated heterocycles. The standard InChI is InChI=1S/C15H13FN2O2/c1-20-14-9-5-2-6-11(14)10-17-18-15(19)12-7-3-4-8-13(12)16/h2-10H,1H3,(H,18,19)/b17-10+. The second kappa shape index (κ2) is 6.47. The first-order valence-corrected chi connectivity index (χ1v) is 5.93. The average molecular weight is 272 g/mol. The summed E-state index contributed by atoms with van der Waals surface area (Å²) < 4.78 is 18.5. The summed E-state index contributed by atoms with van der Waals surface area (Å²) in [4.78, 5) is 11.7. The molecule has 0 heterocycles. The van der Waals surface area contributed by atoms with Crippen LogP contribution in [-0.2, 0) is 0 Å². The lowest BCUT2D eigenvalue weighted by Crippen LogP contribution is -2.18. The van der Waals surface area contributed by atoms with Crippen LogP contribution in [0.15, 0.2) is 53.6 Å². The van der Waals surface area contributed by atoms with Crippen LogP contribution in [0.4, 0.5) is 4.39 Å². The molecule has 0 radical (unpaired) electrons. The average Bonchev–Trinajstić information content (AvgIpc) is 2.48. The van der Waals surface area contributed by atoms with Crippen molar-refractivity contribution in [1.29, 1.82) is 0 Å². The van der Waals surface area contributed by atoms with Crippen LogP contribution in [0.3, 0.4) is 0 Å². The summed E-state index contributed by atoms with van der Waals surface area (Å²) in [7, 11) is 1.55. The van der Waals surface area contributed by atoms with Gasteiger partial charge in [-0.2, -0.15) is 5.10 Å². The van der Waals surface area contributed by atoms with Crippen LogP contribution in [0.1, 0.15) is 15.9 Å². The van der Waals surface area contributed by atoms with Crippen molar-refractivity contribution in [3.8, 4) is 5.75 Å². The number of carbonyl (C=O) groups excluding carboxylic acids is 1. The van der Waals surface area contributed by atoms with Crippen LogP contribution in [0.2, 0.25) is 0 Å². The third-order valence-electron chi connectivity index (χ3n) is 2.63. The van der Waals surface area contributed by atoms with Gasteiger partial charge in [-0.05, 0) is 24.3 Å². The maximum Gasteiger partial charge on any atom is 0.274 e. The molecule has 0 aliphatic heterocycles. The van der Waals surface area contributed by atoms with Crippen LogP contribution in [0.25, 0.3) is 0 Å². The maximum absolute atomic E-state index is 13.4. The van der Waals surface area contributed by atoms with E-state index in [1.54, 1.807) is 25.3 Å². The van der Waals surface area contributed by atoms with Gasteiger partial charge in [-0.25, -0.2) is 9.82 Å². The fraction of sp³-hybridized carbons (Fsp3) is 0.0667. The highest BCUT2D eigenvalue weighted by Gasteiger charge is 2.09. The molecule has 0 unspecified atom stereocenters. The number of carbonyl (C=O) groups is 1. The van der Waals surface area contributed by atoms with Crippen LogP contribution < -0.4 is 10.2 Å². The van der Waals surface area contributed by atoms with Crippen molar-refractivity contribution in [2.24, 2.45) is 5.10 Å². The summed E-state index contributed by atoms with van der Waals surface area (Å²) in [6, 6.07) is 12.9. The Morgan fingerprint density at radius 2 is 1.90 bits per heavy atom. The number of ether oxygens (including phenoxy) is 1. The number of benzene rings is 2. The Labute approximate surface area is 115 Å². The molecule has 2 aromatic carbocycles. The summed E-state index contributed by atoms with van der Waals surface area (Å²) in [6.45, 7) is 0. The van der Waals surface area contributed by atoms with Crippen LogP contribution in [0.5, 0.6) is 5.75 Å². The molecular formula is C15H13FN2O2. The van der Waals surface area contributed by atoms with Gasteiger partial charge in [-0.3, -0.25) is 4.79 Å². The molecule has 0 spiro atoms. The van der Waals surface area contributed by atoms with E-state index in [0.717, 1.165) is 0 Å². The number of nitrogens with one attached hydrogen (secondary N) is 1. The Morgan fingerprint density at radius 1 is 1.20 bits per heavy atom. The molecule has 0 atom stereocenters. The molecule has 2 rings (SSSR count). The van der Waals surface area contributed by atoms with Gasteiger partial charge in [0.05, 0.1) is 18.9 Å². The van der Waals surface area contributed by atoms with E-state index < -0.39 is 11.7 Å². The monoisotopic (exact) mass is 272 g/mol. The van der Waals surface area contributed by atoms with E-state index in [4.69, 9.17) is 4.74 Å². The summed E-state index contributed by atoms with van der Waals surface area (Å²) in [5, 5.41) is 3.80. The third-order valence-corrected chi connectivity index (χ3v) is 2.63. The van der Waals surface area contributed by atoms with Crippen molar-refractivity contribution in [2.45, 2.75) is 0 Å². The molecule has 102 valence electrons. The Balaban J connectivity index is 2.07. The van der Waals surface area contributed by atoms with E-state index in [2.05, 4.69) is 10.5 Å². The fourth-order valence-corrected chi connectivity index (χ4v) is 1.64. The number of rotatable bonds is 4. The largest absolute Gasteiger partial charge is 0.496 e. The molecule has 5 heteroatoms. The van der Waals surface area contributed by atoms with E-state index in [9.17, 15) is 9.18 Å². The van der Waals surface area contributed by atoms with Crippen molar-refractivity contribution in [3.63, 3.8) is 0 Å². The van der Waals surface area contributed by atoms with Crippen molar-refractivity contribution in [3.05, 3.63) is 65.5 Å². The van der Waals surface area contributed by atoms with Crippen LogP contribution in [-0.4, -0.2) is 19.2 Å². The van der Waals surface area contributed by atoms with E-state index in [1.165, 1.54) is 24.4 Å². The van der Waals surface area contributed by atoms with Gasteiger partial charge in [0.25, 0.3) is 5.91 Å². The highest BCUT2D eigenvalue weighted by atomic mass is 19.1. The van der Waals surface area contributed by atoms with Crippen LogP contribution in [0, 0.1) is 5.82 Å². The third kappa shape index (κ3) is 3.20. The van der Waals surface area contributed by atoms with E-state index >= 15 is 0 Å². The van der Waals surface area contributed by atoms with Gasteiger partial charge < -0.3 is 4.74 Å². The molecule has 0 bridgehead atoms. The number of nitrogens with zero attached hydrogens (tertiary/aromatic N) is 1. The van der Waals surface area contributed by atoms with Crippen LogP contribution >= 0.6 is 0 Å². The van der Waals surface area contributed by atoms with Gasteiger partial charge in [0.2, 0.25) is 0 Å². The van der Waals surface area contributed by atoms with E-state index in [1.807, 2.05) is 12.1 Å². The maximum atomic E-state index is 13.4. The summed E-state index contributed by atoms with van der Waals surface area (Å²) in [5.74, 6) is -0.553. The molecule has 0 aliphatic carbocycles. The Hall–Kier alpha value is -2.69. The van der Waals surface area contributed by atoms with Crippen molar-refractivity contribution in [1.82, 2.24) is 5.43 Å². The highest BCUT2D eigenvalue weighted by molar-refractivity contribution is 5.95. The quantitative estimate of drug-likeness (QED) is 0.687. The van der Waals surface area contributed by atoms with Gasteiger partial charge in [0, 0.05) is 5.56 Å². The number of amides is 1. The van der Waals surface area contributed by atoms with E-state index in [-0.39, 0.29) is 5.56 Å². The summed E-state index contributed by atoms with van der Waals surface area (Å²) in [5.41, 5.74) is 2.94. The van der Waals surface area contributed by atoms with Crippen molar-refractivity contribution in [2.75, 3.05) is 7.11 Å². The Bertz CT molecular complexity index is 641. The van der Waals surface area contributed by atoms with Gasteiger partial charge in [-0.15, -0.1) is 0 Å². The predicted octanol–water partition coefficient (Wildman–Crippen LogP) is 2.60. The number of hydrogen-bond donors (Lipinski definition) is 1. The lowest BCUT2D eigenvalue weighted by molar-refractivity contribution is 0.0951. The van der Waals surface area contributed by atoms with Crippen molar-refractivity contribution < 1.29 is 13.9 Å². The first-order valence-electron chi connectivity index (χ1n) is 5.93. The minimum atomic E-state index is -0.603. The zero-order valence-corrected chi connectivity index (χ0v) is 10.8. The number of para-hydroxylation sites is 1. The zero-order valence-electron chi connectivity index (χ0n) is 10.8. The van der Waals surface area contributed by atoms with Gasteiger partial charge in [0.1, 0.15) is 11.6 Å². The summed E-state index contributed by atoms with van der Waals surface area (Å²) in [6.07, 6.45) is 1.44. The van der Waals surface area contributed by atoms with Gasteiger partial charge >= 0.3 is 0 Å². The minimum Gasteiger partial charge on any atom is -0.496 e. The smallest absolute Gasteiger partial charge is 0.274 e. The molecule has 0 aliphatic rings. The van der Waals surface area contributed by atoms with Gasteiger partial charge in [0.15, 0.2) is 0 Å². The number of hydrogen-bond acceptors (Lipinski definition) is 3. The first-order chi connectivity index (χ1) is 9.72. The predicted molar refractivity (Wildman–Crippen MR) is 74.5 cm³/mol. The number of hydrazone groups is 1. The Kier molecular flexibility index (Phi) is 4.44. The molecule has 1 N–H and O–H groups in total. The SMILES string of the molecule is COc1ccccc1/C=N/NC(=O)c1ccccc1F. The van der Waals surface area contributed by atoms with Crippen molar-refractivity contribution >= 4 is 12.1 Å². The molecule has 2 aromatic rings. The number of halogens is 1. The first kappa shape index (κ1) is 13.7. The lowest BCUT2D eigenvalue weighted by Gasteiger charge is -2.03. The molecule has 0 fully saturated rings. The summed E-state index contributed by atoms with van der Waals surface area (Å²) >= 11 is 0. The van der Waals surface area contributed by atoms with Gasteiger partial charge in [-0.1, -0.05) is 24.3 Å². The van der Waals surface area contributed by atoms with E-state index in [0.29, 0.717) is 11.3 Å². The molecule has 1 amide bonds. The molecular weight excluding hydrogens is 259 g/mol. The molecule has 0 aromatic heterocycles. The second-order valence-electron chi connectivity index (χ2n) is 3.92. The zero-order chi connectivity index (χ0) is 14.4. The number of methoxy groups -OCH3 is 1. The fourth-order valence-electron chi connectivity index (χ4n) is 1.64.